The molecule has 1 saturated carbocycles. The predicted octanol–water partition coefficient (Wildman–Crippen LogP) is 0.694. The zero-order valence-electron chi connectivity index (χ0n) is 6.91. The standard InChI is InChI=1S/C7H12O4S/c1-2-11-6(8)7(12(9)10)4-3-5-7/h2-5H2,1H3,(H,9,10). The Morgan fingerprint density at radius 3 is 2.50 bits per heavy atom. The minimum absolute atomic E-state index is 0.262. The fraction of sp³-hybridized carbons (Fsp3) is 0.857. The summed E-state index contributed by atoms with van der Waals surface area (Å²) in [5.74, 6) is -0.530. The summed E-state index contributed by atoms with van der Waals surface area (Å²) in [5, 5.41) is 0. The molecule has 0 heterocycles. The Bertz CT molecular complexity index is 209. The van der Waals surface area contributed by atoms with Crippen molar-refractivity contribution in [2.45, 2.75) is 30.9 Å². The van der Waals surface area contributed by atoms with Crippen molar-refractivity contribution in [1.29, 1.82) is 0 Å². The predicted molar refractivity (Wildman–Crippen MR) is 44.0 cm³/mol. The second-order valence-electron chi connectivity index (χ2n) is 2.82. The molecule has 0 aromatic heterocycles. The molecule has 1 aliphatic rings. The van der Waals surface area contributed by atoms with Crippen molar-refractivity contribution in [1.82, 2.24) is 0 Å². The van der Waals surface area contributed by atoms with E-state index in [9.17, 15) is 9.00 Å². The highest BCUT2D eigenvalue weighted by atomic mass is 32.2. The van der Waals surface area contributed by atoms with Crippen molar-refractivity contribution >= 4 is 17.0 Å². The molecule has 0 aromatic carbocycles. The molecule has 1 fully saturated rings. The number of hydrogen-bond donors (Lipinski definition) is 1. The lowest BCUT2D eigenvalue weighted by Gasteiger charge is -2.35. The topological polar surface area (TPSA) is 63.6 Å². The van der Waals surface area contributed by atoms with Gasteiger partial charge in [-0.3, -0.25) is 4.79 Å². The van der Waals surface area contributed by atoms with Gasteiger partial charge in [-0.15, -0.1) is 0 Å². The average Bonchev–Trinajstić information content (AvgIpc) is 1.83. The second kappa shape index (κ2) is 3.53. The van der Waals surface area contributed by atoms with Gasteiger partial charge in [0.15, 0.2) is 15.8 Å². The van der Waals surface area contributed by atoms with Crippen LogP contribution in [0.3, 0.4) is 0 Å². The van der Waals surface area contributed by atoms with Gasteiger partial charge in [0, 0.05) is 0 Å². The zero-order valence-corrected chi connectivity index (χ0v) is 7.73. The fourth-order valence-corrected chi connectivity index (χ4v) is 2.05. The third kappa shape index (κ3) is 1.38. The first kappa shape index (κ1) is 9.67. The summed E-state index contributed by atoms with van der Waals surface area (Å²) in [6, 6.07) is 0. The van der Waals surface area contributed by atoms with E-state index >= 15 is 0 Å². The van der Waals surface area contributed by atoms with Crippen LogP contribution in [0.15, 0.2) is 0 Å². The molecule has 0 saturated heterocycles. The molecule has 0 aliphatic heterocycles. The molecule has 1 atom stereocenters. The molecule has 1 N–H and O–H groups in total. The Morgan fingerprint density at radius 2 is 2.25 bits per heavy atom. The van der Waals surface area contributed by atoms with Crippen LogP contribution in [0.2, 0.25) is 0 Å². The number of carbonyl (C=O) groups excluding carboxylic acids is 1. The van der Waals surface area contributed by atoms with Crippen LogP contribution < -0.4 is 0 Å². The van der Waals surface area contributed by atoms with Gasteiger partial charge in [0.05, 0.1) is 6.61 Å². The van der Waals surface area contributed by atoms with Crippen LogP contribution in [0.1, 0.15) is 26.2 Å². The SMILES string of the molecule is CCOC(=O)C1(S(=O)O)CCC1. The average molecular weight is 192 g/mol. The Labute approximate surface area is 73.6 Å². The van der Waals surface area contributed by atoms with Crippen molar-refractivity contribution in [3.8, 4) is 0 Å². The van der Waals surface area contributed by atoms with Crippen molar-refractivity contribution in [3.05, 3.63) is 0 Å². The molecule has 5 heteroatoms. The van der Waals surface area contributed by atoms with Crippen molar-refractivity contribution in [3.63, 3.8) is 0 Å². The second-order valence-corrected chi connectivity index (χ2v) is 4.10. The van der Waals surface area contributed by atoms with Gasteiger partial charge in [0.1, 0.15) is 0 Å². The van der Waals surface area contributed by atoms with E-state index < -0.39 is 21.8 Å². The number of hydrogen-bond acceptors (Lipinski definition) is 3. The lowest BCUT2D eigenvalue weighted by molar-refractivity contribution is -0.148. The van der Waals surface area contributed by atoms with Crippen molar-refractivity contribution < 1.29 is 18.3 Å². The summed E-state index contributed by atoms with van der Waals surface area (Å²) in [7, 11) is 0. The first-order valence-electron chi connectivity index (χ1n) is 3.91. The molecular formula is C7H12O4S. The minimum atomic E-state index is -2.09. The highest BCUT2D eigenvalue weighted by molar-refractivity contribution is 7.81. The highest BCUT2D eigenvalue weighted by Gasteiger charge is 2.51. The smallest absolute Gasteiger partial charge is 0.327 e. The summed E-state index contributed by atoms with van der Waals surface area (Å²) >= 11 is -2.09. The molecule has 0 radical (unpaired) electrons. The van der Waals surface area contributed by atoms with Crippen LogP contribution in [0, 0.1) is 0 Å². The van der Waals surface area contributed by atoms with E-state index in [1.54, 1.807) is 6.92 Å². The van der Waals surface area contributed by atoms with E-state index in [4.69, 9.17) is 9.29 Å². The maximum atomic E-state index is 11.2. The molecule has 1 rings (SSSR count). The van der Waals surface area contributed by atoms with E-state index in [-0.39, 0.29) is 6.61 Å². The molecule has 12 heavy (non-hydrogen) atoms. The van der Waals surface area contributed by atoms with Crippen LogP contribution >= 0.6 is 0 Å². The number of ether oxygens (including phenoxy) is 1. The van der Waals surface area contributed by atoms with Gasteiger partial charge < -0.3 is 9.29 Å². The molecule has 70 valence electrons. The number of carbonyl (C=O) groups is 1. The van der Waals surface area contributed by atoms with Gasteiger partial charge in [0.2, 0.25) is 0 Å². The first-order valence-corrected chi connectivity index (χ1v) is 5.02. The van der Waals surface area contributed by atoms with Crippen LogP contribution in [-0.4, -0.2) is 26.1 Å². The molecule has 0 bridgehead atoms. The molecular weight excluding hydrogens is 180 g/mol. The lowest BCUT2D eigenvalue weighted by Crippen LogP contribution is -2.49. The van der Waals surface area contributed by atoms with E-state index in [1.165, 1.54) is 0 Å². The summed E-state index contributed by atoms with van der Waals surface area (Å²) in [5.41, 5.74) is 0. The summed E-state index contributed by atoms with van der Waals surface area (Å²) < 4.78 is 23.3. The molecule has 4 nitrogen and oxygen atoms in total. The zero-order chi connectivity index (χ0) is 9.19. The van der Waals surface area contributed by atoms with Gasteiger partial charge in [-0.05, 0) is 26.2 Å². The van der Waals surface area contributed by atoms with Crippen LogP contribution in [0.4, 0.5) is 0 Å². The van der Waals surface area contributed by atoms with Gasteiger partial charge in [-0.1, -0.05) is 0 Å². The van der Waals surface area contributed by atoms with Gasteiger partial charge in [-0.25, -0.2) is 4.21 Å². The Kier molecular flexibility index (Phi) is 2.85. The van der Waals surface area contributed by atoms with Gasteiger partial charge in [-0.2, -0.15) is 0 Å². The number of esters is 1. The summed E-state index contributed by atoms with van der Waals surface area (Å²) in [4.78, 5) is 11.2. The molecule has 0 aromatic rings. The largest absolute Gasteiger partial charge is 0.465 e. The minimum Gasteiger partial charge on any atom is -0.465 e. The quantitative estimate of drug-likeness (QED) is 0.528. The Morgan fingerprint density at radius 1 is 1.67 bits per heavy atom. The van der Waals surface area contributed by atoms with Crippen LogP contribution in [0.5, 0.6) is 0 Å². The monoisotopic (exact) mass is 192 g/mol. The Hall–Kier alpha value is -0.420. The maximum Gasteiger partial charge on any atom is 0.327 e. The van der Waals surface area contributed by atoms with Crippen molar-refractivity contribution in [2.24, 2.45) is 0 Å². The van der Waals surface area contributed by atoms with E-state index in [2.05, 4.69) is 0 Å². The summed E-state index contributed by atoms with van der Waals surface area (Å²) in [6.07, 6.45) is 1.76. The molecule has 0 spiro atoms. The fourth-order valence-electron chi connectivity index (χ4n) is 1.21. The molecule has 1 unspecified atom stereocenters. The maximum absolute atomic E-state index is 11.2. The van der Waals surface area contributed by atoms with Crippen LogP contribution in [0.25, 0.3) is 0 Å². The number of rotatable bonds is 3. The normalized spacial score (nSPS) is 22.5. The van der Waals surface area contributed by atoms with Gasteiger partial charge in [0.25, 0.3) is 0 Å². The van der Waals surface area contributed by atoms with Gasteiger partial charge >= 0.3 is 5.97 Å². The van der Waals surface area contributed by atoms with Crippen molar-refractivity contribution in [2.75, 3.05) is 6.61 Å². The summed E-state index contributed by atoms with van der Waals surface area (Å²) in [6.45, 7) is 1.95. The van der Waals surface area contributed by atoms with E-state index in [1.807, 2.05) is 0 Å². The molecule has 0 amide bonds. The van der Waals surface area contributed by atoms with E-state index in [0.29, 0.717) is 12.8 Å². The third-order valence-corrected chi connectivity index (χ3v) is 3.39. The van der Waals surface area contributed by atoms with E-state index in [0.717, 1.165) is 6.42 Å². The van der Waals surface area contributed by atoms with Crippen LogP contribution in [-0.2, 0) is 20.6 Å². The molecule has 1 aliphatic carbocycles. The third-order valence-electron chi connectivity index (χ3n) is 2.14. The Balaban J connectivity index is 2.67. The first-order chi connectivity index (χ1) is 5.63. The lowest BCUT2D eigenvalue weighted by atomic mass is 9.84. The highest BCUT2D eigenvalue weighted by Crippen LogP contribution is 2.37.